The van der Waals surface area contributed by atoms with E-state index in [0.717, 1.165) is 13.2 Å². The molecule has 1 aliphatic rings. The lowest BCUT2D eigenvalue weighted by Crippen LogP contribution is -2.30. The third-order valence-corrected chi connectivity index (χ3v) is 3.52. The van der Waals surface area contributed by atoms with Gasteiger partial charge in [0.25, 0.3) is 0 Å². The molecular formula is C16H25BrF3NO2. The molecule has 2 rings (SSSR count). The van der Waals surface area contributed by atoms with Crippen molar-refractivity contribution in [3.05, 3.63) is 33.8 Å². The smallest absolute Gasteiger partial charge is 0.400 e. The highest BCUT2D eigenvalue weighted by Crippen LogP contribution is 2.52. The topological polar surface area (TPSA) is 63.3 Å². The summed E-state index contributed by atoms with van der Waals surface area (Å²) in [6.07, 6.45) is -3.72. The van der Waals surface area contributed by atoms with E-state index in [1.165, 1.54) is 12.1 Å². The number of halogens is 4. The van der Waals surface area contributed by atoms with Crippen molar-refractivity contribution >= 4 is 21.8 Å². The van der Waals surface area contributed by atoms with Crippen molar-refractivity contribution in [3.63, 3.8) is 0 Å². The zero-order valence-electron chi connectivity index (χ0n) is 14.1. The number of aliphatic hydroxyl groups is 1. The van der Waals surface area contributed by atoms with Gasteiger partial charge in [0.2, 0.25) is 5.91 Å². The lowest BCUT2D eigenvalue weighted by atomic mass is 9.90. The molecule has 0 unspecified atom stereocenters. The van der Waals surface area contributed by atoms with Crippen molar-refractivity contribution in [2.24, 2.45) is 5.73 Å². The summed E-state index contributed by atoms with van der Waals surface area (Å²) in [6.45, 7) is 8.00. The molecule has 0 spiro atoms. The van der Waals surface area contributed by atoms with Crippen LogP contribution in [0, 0.1) is 0 Å². The molecule has 23 heavy (non-hydrogen) atoms. The Labute approximate surface area is 144 Å². The predicted molar refractivity (Wildman–Crippen MR) is 90.1 cm³/mol. The molecule has 3 nitrogen and oxygen atoms in total. The number of carbonyl (C=O) groups excluding carboxylic acids is 1. The fourth-order valence-corrected chi connectivity index (χ4v) is 2.30. The molecule has 134 valence electrons. The van der Waals surface area contributed by atoms with E-state index in [4.69, 9.17) is 10.8 Å². The lowest BCUT2D eigenvalue weighted by molar-refractivity contribution is -0.138. The van der Waals surface area contributed by atoms with Crippen LogP contribution in [0.15, 0.2) is 22.7 Å². The van der Waals surface area contributed by atoms with Crippen LogP contribution in [0.1, 0.15) is 51.7 Å². The zero-order valence-corrected chi connectivity index (χ0v) is 15.7. The van der Waals surface area contributed by atoms with Crippen molar-refractivity contribution in [2.75, 3.05) is 7.11 Å². The van der Waals surface area contributed by atoms with E-state index in [9.17, 15) is 18.0 Å². The first-order valence-corrected chi connectivity index (χ1v) is 8.18. The van der Waals surface area contributed by atoms with Crippen molar-refractivity contribution in [3.8, 4) is 0 Å². The molecule has 1 saturated carbocycles. The highest BCUT2D eigenvalue weighted by molar-refractivity contribution is 9.10. The molecule has 0 aromatic heterocycles. The molecule has 3 N–H and O–H groups in total. The van der Waals surface area contributed by atoms with Crippen molar-refractivity contribution in [1.29, 1.82) is 0 Å². The monoisotopic (exact) mass is 399 g/mol. The van der Waals surface area contributed by atoms with E-state index in [0.29, 0.717) is 17.3 Å². The SMILES string of the molecule is CC.CC.CO.NC(=O)C1(c2ccc(Br)cc2C(F)(F)F)CC1. The first-order chi connectivity index (χ1) is 10.8. The van der Waals surface area contributed by atoms with Gasteiger partial charge in [0.15, 0.2) is 0 Å². The average molecular weight is 400 g/mol. The summed E-state index contributed by atoms with van der Waals surface area (Å²) in [4.78, 5) is 11.3. The maximum Gasteiger partial charge on any atom is 0.416 e. The van der Waals surface area contributed by atoms with Gasteiger partial charge >= 0.3 is 6.18 Å². The second-order valence-electron chi connectivity index (χ2n) is 4.13. The molecule has 0 heterocycles. The fourth-order valence-electron chi connectivity index (χ4n) is 1.94. The first kappa shape index (κ1) is 24.2. The van der Waals surface area contributed by atoms with Crippen LogP contribution < -0.4 is 5.73 Å². The third-order valence-electron chi connectivity index (χ3n) is 3.02. The molecule has 0 radical (unpaired) electrons. The maximum atomic E-state index is 12.9. The van der Waals surface area contributed by atoms with E-state index in [2.05, 4.69) is 15.9 Å². The van der Waals surface area contributed by atoms with Crippen molar-refractivity contribution in [2.45, 2.75) is 52.1 Å². The van der Waals surface area contributed by atoms with Gasteiger partial charge in [-0.2, -0.15) is 13.2 Å². The summed E-state index contributed by atoms with van der Waals surface area (Å²) in [6, 6.07) is 3.80. The normalized spacial score (nSPS) is 14.0. The van der Waals surface area contributed by atoms with Crippen molar-refractivity contribution < 1.29 is 23.1 Å². The first-order valence-electron chi connectivity index (χ1n) is 7.39. The summed E-state index contributed by atoms with van der Waals surface area (Å²) in [7, 11) is 1.00. The average Bonchev–Trinajstić information content (AvgIpc) is 3.34. The quantitative estimate of drug-likeness (QED) is 0.760. The van der Waals surface area contributed by atoms with E-state index in [1.54, 1.807) is 0 Å². The number of hydrogen-bond donors (Lipinski definition) is 2. The molecular weight excluding hydrogens is 375 g/mol. The number of nitrogens with two attached hydrogens (primary N) is 1. The maximum absolute atomic E-state index is 12.9. The zero-order chi connectivity index (χ0) is 18.8. The Morgan fingerprint density at radius 2 is 1.61 bits per heavy atom. The molecule has 1 aliphatic carbocycles. The molecule has 0 atom stereocenters. The summed E-state index contributed by atoms with van der Waals surface area (Å²) < 4.78 is 39.0. The summed E-state index contributed by atoms with van der Waals surface area (Å²) in [5.74, 6) is -0.690. The standard InChI is InChI=1S/C11H9BrF3NO.2C2H6.CH4O/c12-6-1-2-7(8(5-6)11(13,14)15)10(3-4-10)9(16)17;3*1-2/h1-2,5H,3-4H2,(H2,16,17);2*1-2H3;2H,1H3. The van der Waals surface area contributed by atoms with Gasteiger partial charge in [-0.15, -0.1) is 0 Å². The van der Waals surface area contributed by atoms with E-state index in [1.807, 2.05) is 27.7 Å². The summed E-state index contributed by atoms with van der Waals surface area (Å²) in [5, 5.41) is 7.00. The Bertz CT molecular complexity index is 487. The molecule has 7 heteroatoms. The second-order valence-corrected chi connectivity index (χ2v) is 5.05. The van der Waals surface area contributed by atoms with Crippen molar-refractivity contribution in [1.82, 2.24) is 0 Å². The van der Waals surface area contributed by atoms with Crippen LogP contribution in [0.25, 0.3) is 0 Å². The Morgan fingerprint density at radius 1 is 1.17 bits per heavy atom. The van der Waals surface area contributed by atoms with Gasteiger partial charge in [0, 0.05) is 11.6 Å². The Morgan fingerprint density at radius 3 is 1.91 bits per heavy atom. The Hall–Kier alpha value is -1.08. The number of aliphatic hydroxyl groups excluding tert-OH is 1. The fraction of sp³-hybridized carbons (Fsp3) is 0.562. The summed E-state index contributed by atoms with van der Waals surface area (Å²) in [5.41, 5.74) is 3.28. The molecule has 0 aliphatic heterocycles. The Kier molecular flexibility index (Phi) is 11.2. The van der Waals surface area contributed by atoms with Crippen LogP contribution in [0.2, 0.25) is 0 Å². The van der Waals surface area contributed by atoms with Gasteiger partial charge < -0.3 is 10.8 Å². The molecule has 1 amide bonds. The van der Waals surface area contributed by atoms with Crippen LogP contribution in [-0.2, 0) is 16.4 Å². The number of benzene rings is 1. The van der Waals surface area contributed by atoms with Crippen LogP contribution in [-0.4, -0.2) is 18.1 Å². The molecule has 1 aromatic rings. The molecule has 1 fully saturated rings. The van der Waals surface area contributed by atoms with Crippen LogP contribution >= 0.6 is 15.9 Å². The minimum Gasteiger partial charge on any atom is -0.400 e. The number of carbonyl (C=O) groups is 1. The predicted octanol–water partition coefficient (Wildman–Crippen LogP) is 4.65. The second kappa shape index (κ2) is 10.6. The summed E-state index contributed by atoms with van der Waals surface area (Å²) >= 11 is 3.00. The Balaban J connectivity index is 0. The number of alkyl halides is 3. The highest BCUT2D eigenvalue weighted by atomic mass is 79.9. The molecule has 0 saturated heterocycles. The van der Waals surface area contributed by atoms with Gasteiger partial charge in [-0.05, 0) is 30.5 Å². The number of amides is 1. The van der Waals surface area contributed by atoms with Gasteiger partial charge in [0.1, 0.15) is 0 Å². The molecule has 0 bridgehead atoms. The van der Waals surface area contributed by atoms with E-state index >= 15 is 0 Å². The third kappa shape index (κ3) is 6.14. The lowest BCUT2D eigenvalue weighted by Gasteiger charge is -2.18. The van der Waals surface area contributed by atoms with Crippen LogP contribution in [0.5, 0.6) is 0 Å². The van der Waals surface area contributed by atoms with Gasteiger partial charge in [-0.1, -0.05) is 49.7 Å². The van der Waals surface area contributed by atoms with Gasteiger partial charge in [-0.25, -0.2) is 0 Å². The molecule has 1 aromatic carbocycles. The number of rotatable bonds is 2. The minimum atomic E-state index is -4.48. The van der Waals surface area contributed by atoms with E-state index < -0.39 is 23.1 Å². The number of primary amides is 1. The van der Waals surface area contributed by atoms with Crippen LogP contribution in [0.3, 0.4) is 0 Å². The van der Waals surface area contributed by atoms with Crippen LogP contribution in [0.4, 0.5) is 13.2 Å². The van der Waals surface area contributed by atoms with Gasteiger partial charge in [0.05, 0.1) is 11.0 Å². The van der Waals surface area contributed by atoms with E-state index in [-0.39, 0.29) is 5.56 Å². The largest absolute Gasteiger partial charge is 0.416 e. The van der Waals surface area contributed by atoms with Gasteiger partial charge in [-0.3, -0.25) is 4.79 Å². The highest BCUT2D eigenvalue weighted by Gasteiger charge is 2.53. The minimum absolute atomic E-state index is 0.0132. The number of hydrogen-bond acceptors (Lipinski definition) is 2.